The highest BCUT2D eigenvalue weighted by atomic mass is 35.5. The van der Waals surface area contributed by atoms with E-state index in [2.05, 4.69) is 15.8 Å². The fraction of sp³-hybridized carbons (Fsp3) is 0.118. The highest BCUT2D eigenvalue weighted by Crippen LogP contribution is 2.20. The zero-order chi connectivity index (χ0) is 17.5. The Morgan fingerprint density at radius 1 is 1.12 bits per heavy atom. The van der Waals surface area contributed by atoms with Crippen LogP contribution in [-0.2, 0) is 16.1 Å². The van der Waals surface area contributed by atoms with E-state index in [0.717, 1.165) is 11.1 Å². The van der Waals surface area contributed by atoms with Crippen LogP contribution in [0.4, 0.5) is 0 Å². The van der Waals surface area contributed by atoms with E-state index in [1.165, 1.54) is 6.21 Å². The Bertz CT molecular complexity index is 791. The number of nitrogens with one attached hydrogen (secondary N) is 2. The van der Waals surface area contributed by atoms with E-state index in [1.807, 2.05) is 31.2 Å². The molecule has 0 saturated carbocycles. The molecule has 24 heavy (non-hydrogen) atoms. The normalized spacial score (nSPS) is 10.6. The smallest absolute Gasteiger partial charge is 0.329 e. The average molecular weight is 364 g/mol. The molecule has 0 aliphatic carbocycles. The number of benzene rings is 2. The highest BCUT2D eigenvalue weighted by Gasteiger charge is 2.12. The van der Waals surface area contributed by atoms with Crippen LogP contribution in [0.2, 0.25) is 10.0 Å². The molecule has 2 aromatic carbocycles. The number of nitrogens with zero attached hydrogens (tertiary/aromatic N) is 1. The Balaban J connectivity index is 1.85. The van der Waals surface area contributed by atoms with Gasteiger partial charge in [0.15, 0.2) is 0 Å². The van der Waals surface area contributed by atoms with Gasteiger partial charge in [-0.15, -0.1) is 0 Å². The summed E-state index contributed by atoms with van der Waals surface area (Å²) in [4.78, 5) is 23.4. The molecule has 2 amide bonds. The van der Waals surface area contributed by atoms with Crippen molar-refractivity contribution in [3.63, 3.8) is 0 Å². The molecule has 0 aromatic heterocycles. The van der Waals surface area contributed by atoms with Crippen LogP contribution in [0.5, 0.6) is 0 Å². The highest BCUT2D eigenvalue weighted by molar-refractivity contribution is 6.36. The van der Waals surface area contributed by atoms with E-state index < -0.39 is 11.8 Å². The lowest BCUT2D eigenvalue weighted by atomic mass is 10.2. The number of rotatable bonds is 4. The van der Waals surface area contributed by atoms with Gasteiger partial charge < -0.3 is 5.32 Å². The van der Waals surface area contributed by atoms with Gasteiger partial charge in [0.2, 0.25) is 0 Å². The molecule has 0 aliphatic heterocycles. The van der Waals surface area contributed by atoms with Gasteiger partial charge >= 0.3 is 11.8 Å². The van der Waals surface area contributed by atoms with Crippen LogP contribution in [0.1, 0.15) is 16.7 Å². The van der Waals surface area contributed by atoms with Crippen LogP contribution >= 0.6 is 23.2 Å². The standard InChI is InChI=1S/C17H15Cl2N3O2/c1-11-3-2-4-12(7-11)9-21-22-17(24)16(23)20-10-13-5-6-14(18)8-15(13)19/h2-9H,10H2,1H3,(H,20,23)(H,22,24)/b21-9+. The molecule has 0 spiro atoms. The first-order valence-electron chi connectivity index (χ1n) is 7.07. The Kier molecular flexibility index (Phi) is 6.35. The van der Waals surface area contributed by atoms with Gasteiger partial charge in [0, 0.05) is 16.6 Å². The second-order valence-electron chi connectivity index (χ2n) is 5.03. The van der Waals surface area contributed by atoms with Gasteiger partial charge in [0.25, 0.3) is 0 Å². The lowest BCUT2D eigenvalue weighted by Gasteiger charge is -2.06. The van der Waals surface area contributed by atoms with Crippen molar-refractivity contribution in [3.8, 4) is 0 Å². The second kappa shape index (κ2) is 8.47. The first kappa shape index (κ1) is 18.0. The lowest BCUT2D eigenvalue weighted by molar-refractivity contribution is -0.139. The van der Waals surface area contributed by atoms with Crippen LogP contribution in [0, 0.1) is 6.92 Å². The van der Waals surface area contributed by atoms with Gasteiger partial charge in [-0.25, -0.2) is 5.43 Å². The minimum absolute atomic E-state index is 0.115. The molecule has 0 heterocycles. The van der Waals surface area contributed by atoms with Crippen molar-refractivity contribution in [2.45, 2.75) is 13.5 Å². The molecular weight excluding hydrogens is 349 g/mol. The van der Waals surface area contributed by atoms with Crippen molar-refractivity contribution >= 4 is 41.2 Å². The molecule has 2 aromatic rings. The largest absolute Gasteiger partial charge is 0.344 e. The number of hydrogen-bond donors (Lipinski definition) is 2. The fourth-order valence-electron chi connectivity index (χ4n) is 1.89. The van der Waals surface area contributed by atoms with Crippen LogP contribution in [0.15, 0.2) is 47.6 Å². The van der Waals surface area contributed by atoms with Crippen molar-refractivity contribution in [3.05, 3.63) is 69.2 Å². The molecule has 124 valence electrons. The summed E-state index contributed by atoms with van der Waals surface area (Å²) in [6.07, 6.45) is 1.47. The zero-order valence-electron chi connectivity index (χ0n) is 12.8. The summed E-state index contributed by atoms with van der Waals surface area (Å²) in [6.45, 7) is 2.06. The molecule has 0 fully saturated rings. The van der Waals surface area contributed by atoms with Gasteiger partial charge in [-0.2, -0.15) is 5.10 Å². The van der Waals surface area contributed by atoms with Crippen LogP contribution in [0.25, 0.3) is 0 Å². The van der Waals surface area contributed by atoms with Crippen molar-refractivity contribution < 1.29 is 9.59 Å². The predicted octanol–water partition coefficient (Wildman–Crippen LogP) is 3.07. The van der Waals surface area contributed by atoms with E-state index in [4.69, 9.17) is 23.2 Å². The Morgan fingerprint density at radius 3 is 2.62 bits per heavy atom. The van der Waals surface area contributed by atoms with E-state index in [9.17, 15) is 9.59 Å². The molecule has 0 aliphatic rings. The molecule has 7 heteroatoms. The quantitative estimate of drug-likeness (QED) is 0.497. The number of hydrazone groups is 1. The molecule has 0 atom stereocenters. The van der Waals surface area contributed by atoms with Gasteiger partial charge in [-0.3, -0.25) is 9.59 Å². The SMILES string of the molecule is Cc1cccc(/C=N/NC(=O)C(=O)NCc2ccc(Cl)cc2Cl)c1. The molecule has 0 unspecified atom stereocenters. The third-order valence-electron chi connectivity index (χ3n) is 3.08. The molecule has 2 N–H and O–H groups in total. The summed E-state index contributed by atoms with van der Waals surface area (Å²) in [5.41, 5.74) is 4.73. The first-order chi connectivity index (χ1) is 11.5. The van der Waals surface area contributed by atoms with E-state index in [-0.39, 0.29) is 6.54 Å². The molecule has 5 nitrogen and oxygen atoms in total. The average Bonchev–Trinajstić information content (AvgIpc) is 2.53. The van der Waals surface area contributed by atoms with E-state index in [1.54, 1.807) is 18.2 Å². The van der Waals surface area contributed by atoms with Gasteiger partial charge in [-0.1, -0.05) is 59.1 Å². The number of hydrogen-bond acceptors (Lipinski definition) is 3. The molecule has 0 bridgehead atoms. The third-order valence-corrected chi connectivity index (χ3v) is 3.67. The fourth-order valence-corrected chi connectivity index (χ4v) is 2.36. The summed E-state index contributed by atoms with van der Waals surface area (Å²) >= 11 is 11.8. The van der Waals surface area contributed by atoms with Gasteiger partial charge in [0.1, 0.15) is 0 Å². The van der Waals surface area contributed by atoms with Crippen molar-refractivity contribution in [2.75, 3.05) is 0 Å². The number of aryl methyl sites for hydroxylation is 1. The minimum Gasteiger partial charge on any atom is -0.344 e. The van der Waals surface area contributed by atoms with E-state index in [0.29, 0.717) is 15.6 Å². The minimum atomic E-state index is -0.857. The zero-order valence-corrected chi connectivity index (χ0v) is 14.4. The molecule has 0 saturated heterocycles. The third kappa shape index (κ3) is 5.37. The summed E-state index contributed by atoms with van der Waals surface area (Å²) < 4.78 is 0. The maximum atomic E-state index is 11.7. The summed E-state index contributed by atoms with van der Waals surface area (Å²) in [5, 5.41) is 7.14. The number of amides is 2. The number of carbonyl (C=O) groups excluding carboxylic acids is 2. The molecular formula is C17H15Cl2N3O2. The van der Waals surface area contributed by atoms with Gasteiger partial charge in [-0.05, 0) is 30.2 Å². The first-order valence-corrected chi connectivity index (χ1v) is 7.83. The van der Waals surface area contributed by atoms with Crippen molar-refractivity contribution in [2.24, 2.45) is 5.10 Å². The Labute approximate surface area is 149 Å². The lowest BCUT2D eigenvalue weighted by Crippen LogP contribution is -2.37. The maximum Gasteiger partial charge on any atom is 0.329 e. The summed E-state index contributed by atoms with van der Waals surface area (Å²) in [5.74, 6) is -1.66. The van der Waals surface area contributed by atoms with Crippen molar-refractivity contribution in [1.82, 2.24) is 10.7 Å². The van der Waals surface area contributed by atoms with Crippen LogP contribution in [0.3, 0.4) is 0 Å². The number of carbonyl (C=O) groups is 2. The maximum absolute atomic E-state index is 11.7. The van der Waals surface area contributed by atoms with E-state index >= 15 is 0 Å². The molecule has 0 radical (unpaired) electrons. The summed E-state index contributed by atoms with van der Waals surface area (Å²) in [7, 11) is 0. The Morgan fingerprint density at radius 2 is 1.92 bits per heavy atom. The summed E-state index contributed by atoms with van der Waals surface area (Å²) in [6, 6.07) is 12.5. The predicted molar refractivity (Wildman–Crippen MR) is 95.2 cm³/mol. The van der Waals surface area contributed by atoms with Gasteiger partial charge in [0.05, 0.1) is 6.21 Å². The molecule has 2 rings (SSSR count). The monoisotopic (exact) mass is 363 g/mol. The second-order valence-corrected chi connectivity index (χ2v) is 5.88. The van der Waals surface area contributed by atoms with Crippen LogP contribution in [-0.4, -0.2) is 18.0 Å². The Hall–Kier alpha value is -2.37. The number of halogens is 2. The van der Waals surface area contributed by atoms with Crippen molar-refractivity contribution in [1.29, 1.82) is 0 Å². The topological polar surface area (TPSA) is 70.6 Å². The van der Waals surface area contributed by atoms with Crippen LogP contribution < -0.4 is 10.7 Å².